The van der Waals surface area contributed by atoms with E-state index in [2.05, 4.69) is 45.7 Å². The fraction of sp³-hybridized carbons (Fsp3) is 0.333. The van der Waals surface area contributed by atoms with Crippen molar-refractivity contribution in [1.82, 2.24) is 25.0 Å². The molecule has 0 spiro atoms. The van der Waals surface area contributed by atoms with Gasteiger partial charge in [-0.2, -0.15) is 4.52 Å². The smallest absolute Gasteiger partial charge is 0.199 e. The molecule has 0 bridgehead atoms. The lowest BCUT2D eigenvalue weighted by atomic mass is 10.3. The van der Waals surface area contributed by atoms with E-state index < -0.39 is 0 Å². The van der Waals surface area contributed by atoms with Gasteiger partial charge in [-0.1, -0.05) is 11.6 Å². The first-order valence-corrected chi connectivity index (χ1v) is 4.67. The van der Waals surface area contributed by atoms with Crippen LogP contribution in [0.25, 0.3) is 5.65 Å². The van der Waals surface area contributed by atoms with E-state index in [9.17, 15) is 0 Å². The number of allylic oxidation sites excluding steroid dienone is 1. The van der Waals surface area contributed by atoms with E-state index in [4.69, 9.17) is 0 Å². The van der Waals surface area contributed by atoms with Gasteiger partial charge in [0.05, 0.1) is 12.4 Å². The highest BCUT2D eigenvalue weighted by Crippen LogP contribution is 2.05. The molecule has 6 nitrogen and oxygen atoms in total. The fourth-order valence-electron chi connectivity index (χ4n) is 1.16. The molecule has 2 aromatic heterocycles. The molecule has 1 N–H and O–H groups in total. The van der Waals surface area contributed by atoms with Crippen LogP contribution in [-0.4, -0.2) is 31.6 Å². The summed E-state index contributed by atoms with van der Waals surface area (Å²) in [5, 5.41) is 14.4. The van der Waals surface area contributed by atoms with Crippen LogP contribution in [0.5, 0.6) is 0 Å². The first-order chi connectivity index (χ1) is 7.27. The van der Waals surface area contributed by atoms with Crippen LogP contribution < -0.4 is 5.32 Å². The molecule has 0 atom stereocenters. The molecule has 2 heterocycles. The SMILES string of the molecule is CC(C)=CCNc1cncc2nnnn12. The first-order valence-electron chi connectivity index (χ1n) is 4.67. The summed E-state index contributed by atoms with van der Waals surface area (Å²) in [5.41, 5.74) is 1.90. The molecule has 0 unspecified atom stereocenters. The number of anilines is 1. The summed E-state index contributed by atoms with van der Waals surface area (Å²) in [5.74, 6) is 0.787. The van der Waals surface area contributed by atoms with Crippen LogP contribution in [0.3, 0.4) is 0 Å². The van der Waals surface area contributed by atoms with Crippen molar-refractivity contribution in [1.29, 1.82) is 0 Å². The fourth-order valence-corrected chi connectivity index (χ4v) is 1.16. The van der Waals surface area contributed by atoms with Crippen LogP contribution in [0.15, 0.2) is 24.0 Å². The topological polar surface area (TPSA) is 68.0 Å². The largest absolute Gasteiger partial charge is 0.365 e. The maximum Gasteiger partial charge on any atom is 0.199 e. The Morgan fingerprint density at radius 3 is 3.13 bits per heavy atom. The Morgan fingerprint density at radius 1 is 1.47 bits per heavy atom. The molecule has 2 rings (SSSR count). The number of nitrogens with one attached hydrogen (secondary N) is 1. The number of hydrogen-bond acceptors (Lipinski definition) is 5. The minimum Gasteiger partial charge on any atom is -0.365 e. The van der Waals surface area contributed by atoms with Gasteiger partial charge in [0.25, 0.3) is 0 Å². The second kappa shape index (κ2) is 4.04. The molecule has 0 amide bonds. The third kappa shape index (κ3) is 2.09. The predicted molar refractivity (Wildman–Crippen MR) is 56.5 cm³/mol. The van der Waals surface area contributed by atoms with Crippen molar-refractivity contribution in [3.63, 3.8) is 0 Å². The first kappa shape index (κ1) is 9.57. The number of fused-ring (bicyclic) bond motifs is 1. The second-order valence-electron chi connectivity index (χ2n) is 3.40. The quantitative estimate of drug-likeness (QED) is 0.752. The normalized spacial score (nSPS) is 10.3. The minimum atomic E-state index is 0.636. The summed E-state index contributed by atoms with van der Waals surface area (Å²) < 4.78 is 1.62. The van der Waals surface area contributed by atoms with E-state index in [0.717, 1.165) is 12.4 Å². The summed E-state index contributed by atoms with van der Waals surface area (Å²) in [4.78, 5) is 4.04. The highest BCUT2D eigenvalue weighted by Gasteiger charge is 2.01. The van der Waals surface area contributed by atoms with Gasteiger partial charge in [-0.25, -0.2) is 0 Å². The van der Waals surface area contributed by atoms with Crippen LogP contribution in [0.4, 0.5) is 5.82 Å². The summed E-state index contributed by atoms with van der Waals surface area (Å²) in [6.07, 6.45) is 5.40. The number of nitrogens with zero attached hydrogens (tertiary/aromatic N) is 5. The third-order valence-corrected chi connectivity index (χ3v) is 1.90. The van der Waals surface area contributed by atoms with Gasteiger partial charge >= 0.3 is 0 Å². The van der Waals surface area contributed by atoms with Crippen molar-refractivity contribution in [3.8, 4) is 0 Å². The average Bonchev–Trinajstić information content (AvgIpc) is 2.65. The van der Waals surface area contributed by atoms with Crippen LogP contribution in [0, 0.1) is 0 Å². The molecule has 0 saturated heterocycles. The van der Waals surface area contributed by atoms with Crippen molar-refractivity contribution in [3.05, 3.63) is 24.0 Å². The summed E-state index contributed by atoms with van der Waals surface area (Å²) in [7, 11) is 0. The lowest BCUT2D eigenvalue weighted by Gasteiger charge is -2.03. The van der Waals surface area contributed by atoms with Crippen LogP contribution >= 0.6 is 0 Å². The second-order valence-corrected chi connectivity index (χ2v) is 3.40. The van der Waals surface area contributed by atoms with Gasteiger partial charge in [-0.05, 0) is 24.3 Å². The summed E-state index contributed by atoms with van der Waals surface area (Å²) >= 11 is 0. The molecule has 0 saturated carbocycles. The molecule has 0 aromatic carbocycles. The maximum absolute atomic E-state index is 4.04. The van der Waals surface area contributed by atoms with Crippen molar-refractivity contribution in [2.75, 3.05) is 11.9 Å². The van der Waals surface area contributed by atoms with Crippen molar-refractivity contribution in [2.24, 2.45) is 0 Å². The molecular weight excluding hydrogens is 192 g/mol. The summed E-state index contributed by atoms with van der Waals surface area (Å²) in [6, 6.07) is 0. The van der Waals surface area contributed by atoms with Crippen molar-refractivity contribution >= 4 is 11.5 Å². The van der Waals surface area contributed by atoms with Crippen LogP contribution in [0.1, 0.15) is 13.8 Å². The summed E-state index contributed by atoms with van der Waals surface area (Å²) in [6.45, 7) is 4.85. The number of aromatic nitrogens is 5. The minimum absolute atomic E-state index is 0.636. The average molecular weight is 204 g/mol. The molecule has 0 aliphatic rings. The van der Waals surface area contributed by atoms with Gasteiger partial charge in [0.1, 0.15) is 0 Å². The van der Waals surface area contributed by atoms with Gasteiger partial charge in [-0.3, -0.25) is 4.98 Å². The zero-order valence-electron chi connectivity index (χ0n) is 8.68. The standard InChI is InChI=1S/C9H12N6/c1-7(2)3-4-11-8-5-10-6-9-12-13-14-15(8)9/h3,5-6,11H,4H2,1-2H3. The van der Waals surface area contributed by atoms with Gasteiger partial charge < -0.3 is 5.32 Å². The Morgan fingerprint density at radius 2 is 2.33 bits per heavy atom. The van der Waals surface area contributed by atoms with Gasteiger partial charge in [0.2, 0.25) is 0 Å². The Balaban J connectivity index is 2.20. The Kier molecular flexibility index (Phi) is 2.57. The van der Waals surface area contributed by atoms with Gasteiger partial charge in [0.15, 0.2) is 11.5 Å². The van der Waals surface area contributed by atoms with Crippen LogP contribution in [0.2, 0.25) is 0 Å². The van der Waals surface area contributed by atoms with Gasteiger partial charge in [0, 0.05) is 6.54 Å². The Bertz CT molecular complexity index is 482. The number of hydrogen-bond donors (Lipinski definition) is 1. The molecule has 6 heteroatoms. The molecule has 78 valence electrons. The molecule has 0 fully saturated rings. The zero-order valence-corrected chi connectivity index (χ0v) is 8.68. The van der Waals surface area contributed by atoms with E-state index >= 15 is 0 Å². The highest BCUT2D eigenvalue weighted by molar-refractivity contribution is 5.43. The van der Waals surface area contributed by atoms with E-state index in [1.165, 1.54) is 5.57 Å². The van der Waals surface area contributed by atoms with Crippen molar-refractivity contribution < 1.29 is 0 Å². The maximum atomic E-state index is 4.04. The Hall–Kier alpha value is -1.98. The molecule has 15 heavy (non-hydrogen) atoms. The predicted octanol–water partition coefficient (Wildman–Crippen LogP) is 0.897. The van der Waals surface area contributed by atoms with E-state index in [1.54, 1.807) is 16.9 Å². The zero-order chi connectivity index (χ0) is 10.7. The molecule has 2 aromatic rings. The van der Waals surface area contributed by atoms with Crippen LogP contribution in [-0.2, 0) is 0 Å². The van der Waals surface area contributed by atoms with Crippen molar-refractivity contribution in [2.45, 2.75) is 13.8 Å². The van der Waals surface area contributed by atoms with Gasteiger partial charge in [-0.15, -0.1) is 5.10 Å². The molecule has 0 aliphatic carbocycles. The molecule has 0 radical (unpaired) electrons. The lowest BCUT2D eigenvalue weighted by Crippen LogP contribution is -2.05. The third-order valence-electron chi connectivity index (χ3n) is 1.90. The molecule has 0 aliphatic heterocycles. The monoisotopic (exact) mass is 204 g/mol. The van der Waals surface area contributed by atoms with E-state index in [0.29, 0.717) is 5.65 Å². The number of rotatable bonds is 3. The Labute approximate surface area is 87.0 Å². The highest BCUT2D eigenvalue weighted by atomic mass is 15.5. The van der Waals surface area contributed by atoms with E-state index in [1.807, 2.05) is 0 Å². The lowest BCUT2D eigenvalue weighted by molar-refractivity contribution is 0.822. The van der Waals surface area contributed by atoms with E-state index in [-0.39, 0.29) is 0 Å². The molecular formula is C9H12N6. The number of tetrazole rings is 1.